The molecule has 0 aliphatic rings. The van der Waals surface area contributed by atoms with Crippen molar-refractivity contribution < 1.29 is 26.9 Å². The summed E-state index contributed by atoms with van der Waals surface area (Å²) >= 11 is 1.09. The van der Waals surface area contributed by atoms with Crippen LogP contribution in [0, 0.1) is 21.7 Å². The summed E-state index contributed by atoms with van der Waals surface area (Å²) in [5.41, 5.74) is 0.349. The highest BCUT2D eigenvalue weighted by atomic mass is 32.2. The van der Waals surface area contributed by atoms with Gasteiger partial charge in [0.1, 0.15) is 5.82 Å². The van der Waals surface area contributed by atoms with E-state index in [9.17, 15) is 32.1 Å². The average molecular weight is 491 g/mol. The molecule has 11 heteroatoms. The number of thioether (sulfide) groups is 1. The number of halogens is 2. The zero-order chi connectivity index (χ0) is 24.2. The van der Waals surface area contributed by atoms with Crippen LogP contribution in [-0.4, -0.2) is 19.1 Å². The summed E-state index contributed by atoms with van der Waals surface area (Å²) in [5.74, 6) is -1.64. The number of sulfonamides is 1. The number of nitrogens with zero attached hydrogens (tertiary/aromatic N) is 1. The van der Waals surface area contributed by atoms with Gasteiger partial charge in [0.2, 0.25) is 15.8 Å². The Bertz CT molecular complexity index is 1340. The number of hydrogen-bond acceptors (Lipinski definition) is 6. The van der Waals surface area contributed by atoms with Crippen LogP contribution < -0.4 is 5.14 Å². The maximum Gasteiger partial charge on any atom is 0.305 e. The number of nitrogens with two attached hydrogens (primary N) is 1. The summed E-state index contributed by atoms with van der Waals surface area (Å²) < 4.78 is 49.8. The third-order valence-electron chi connectivity index (χ3n) is 4.44. The molecule has 33 heavy (non-hydrogen) atoms. The molecule has 0 heterocycles. The number of ketones is 1. The number of benzene rings is 3. The van der Waals surface area contributed by atoms with Crippen molar-refractivity contribution >= 4 is 39.3 Å². The van der Waals surface area contributed by atoms with Crippen molar-refractivity contribution in [2.45, 2.75) is 10.6 Å². The summed E-state index contributed by atoms with van der Waals surface area (Å²) in [6.07, 6.45) is 1.37. The lowest BCUT2D eigenvalue weighted by molar-refractivity contribution is -0.387. The zero-order valence-electron chi connectivity index (χ0n) is 16.8. The van der Waals surface area contributed by atoms with E-state index in [1.165, 1.54) is 48.5 Å². The van der Waals surface area contributed by atoms with E-state index in [4.69, 9.17) is 5.14 Å². The highest BCUT2D eigenvalue weighted by Crippen LogP contribution is 2.29. The zero-order valence-corrected chi connectivity index (χ0v) is 18.4. The number of allylic oxidation sites excluding steroid dienone is 1. The van der Waals surface area contributed by atoms with E-state index in [0.717, 1.165) is 29.5 Å². The van der Waals surface area contributed by atoms with Gasteiger partial charge < -0.3 is 0 Å². The lowest BCUT2D eigenvalue weighted by atomic mass is 10.1. The van der Waals surface area contributed by atoms with Crippen molar-refractivity contribution in [2.75, 3.05) is 0 Å². The molecule has 0 radical (unpaired) electrons. The maximum absolute atomic E-state index is 13.7. The van der Waals surface area contributed by atoms with E-state index < -0.39 is 38.1 Å². The highest BCUT2D eigenvalue weighted by Gasteiger charge is 2.18. The van der Waals surface area contributed by atoms with Gasteiger partial charge in [0.15, 0.2) is 5.78 Å². The van der Waals surface area contributed by atoms with Gasteiger partial charge in [0.25, 0.3) is 0 Å². The Hall–Kier alpha value is -3.41. The van der Waals surface area contributed by atoms with Crippen molar-refractivity contribution in [3.8, 4) is 0 Å². The summed E-state index contributed by atoms with van der Waals surface area (Å²) in [6.45, 7) is 0. The van der Waals surface area contributed by atoms with E-state index in [0.29, 0.717) is 0 Å². The van der Waals surface area contributed by atoms with Crippen molar-refractivity contribution in [3.63, 3.8) is 0 Å². The summed E-state index contributed by atoms with van der Waals surface area (Å²) in [6, 6.07) is 13.8. The molecule has 0 fully saturated rings. The van der Waals surface area contributed by atoms with Crippen LogP contribution in [-0.2, 0) is 15.8 Å². The second-order valence-electron chi connectivity index (χ2n) is 6.79. The minimum absolute atomic E-state index is 0.150. The van der Waals surface area contributed by atoms with E-state index in [1.807, 2.05) is 0 Å². The van der Waals surface area contributed by atoms with Gasteiger partial charge in [-0.1, -0.05) is 18.2 Å². The van der Waals surface area contributed by atoms with E-state index >= 15 is 0 Å². The van der Waals surface area contributed by atoms with Crippen LogP contribution in [0.5, 0.6) is 0 Å². The van der Waals surface area contributed by atoms with Gasteiger partial charge in [-0.25, -0.2) is 17.9 Å². The molecular formula is C22H16F2N2O5S2. The van der Waals surface area contributed by atoms with Crippen LogP contribution >= 0.6 is 11.8 Å². The third-order valence-corrected chi connectivity index (χ3v) is 6.46. The smallest absolute Gasteiger partial charge is 0.288 e. The number of carbonyl (C=O) groups is 1. The molecule has 3 rings (SSSR count). The lowest BCUT2D eigenvalue weighted by Gasteiger charge is -2.09. The molecule has 0 bridgehead atoms. The Morgan fingerprint density at radius 1 is 1.03 bits per heavy atom. The fourth-order valence-corrected chi connectivity index (χ4v) is 4.26. The fourth-order valence-electron chi connectivity index (χ4n) is 2.76. The number of hydrogen-bond donors (Lipinski definition) is 1. The standard InChI is InChI=1S/C22H16F2N2O5S2/c23-17-6-1-14(2-7-17)13-32-21(12-15-3-10-19(24)20(11-15)26(28)29)22(27)16-4-8-18(9-5-16)33(25,30)31/h1-12H,13H2,(H2,25,30,31)/b21-12+. The monoisotopic (exact) mass is 490 g/mol. The van der Waals surface area contributed by atoms with E-state index in [2.05, 4.69) is 0 Å². The number of carbonyl (C=O) groups excluding carboxylic acids is 1. The van der Waals surface area contributed by atoms with Gasteiger partial charge in [0, 0.05) is 17.4 Å². The molecule has 7 nitrogen and oxygen atoms in total. The Labute approximate surface area is 192 Å². The van der Waals surface area contributed by atoms with Gasteiger partial charge in [-0.05, 0) is 59.7 Å². The molecule has 0 atom stereocenters. The van der Waals surface area contributed by atoms with Crippen LogP contribution in [0.25, 0.3) is 6.08 Å². The summed E-state index contributed by atoms with van der Waals surface area (Å²) in [5, 5.41) is 16.1. The molecule has 0 saturated carbocycles. The largest absolute Gasteiger partial charge is 0.305 e. The van der Waals surface area contributed by atoms with Gasteiger partial charge in [-0.15, -0.1) is 11.8 Å². The van der Waals surface area contributed by atoms with Crippen molar-refractivity contribution in [2.24, 2.45) is 5.14 Å². The molecule has 0 aliphatic heterocycles. The summed E-state index contributed by atoms with van der Waals surface area (Å²) in [4.78, 5) is 23.3. The first kappa shape index (κ1) is 24.2. The maximum atomic E-state index is 13.7. The molecule has 3 aromatic carbocycles. The normalized spacial score (nSPS) is 11.9. The van der Waals surface area contributed by atoms with Crippen LogP contribution in [0.2, 0.25) is 0 Å². The van der Waals surface area contributed by atoms with Crippen LogP contribution in [0.1, 0.15) is 21.5 Å². The third kappa shape index (κ3) is 6.31. The van der Waals surface area contributed by atoms with E-state index in [-0.39, 0.29) is 26.7 Å². The van der Waals surface area contributed by atoms with E-state index in [1.54, 1.807) is 12.1 Å². The van der Waals surface area contributed by atoms with Gasteiger partial charge in [-0.2, -0.15) is 4.39 Å². The molecular weight excluding hydrogens is 474 g/mol. The Kier molecular flexibility index (Phi) is 7.36. The van der Waals surface area contributed by atoms with Gasteiger partial charge >= 0.3 is 5.69 Å². The number of primary sulfonamides is 1. The minimum atomic E-state index is -3.94. The second kappa shape index (κ2) is 10.0. The number of Topliss-reactive ketones (excluding diaryl/α,β-unsaturated/α-hetero) is 1. The van der Waals surface area contributed by atoms with Crippen LogP contribution in [0.4, 0.5) is 14.5 Å². The molecule has 3 aromatic rings. The first-order valence-electron chi connectivity index (χ1n) is 9.25. The topological polar surface area (TPSA) is 120 Å². The second-order valence-corrected chi connectivity index (χ2v) is 9.37. The Morgan fingerprint density at radius 2 is 1.67 bits per heavy atom. The van der Waals surface area contributed by atoms with Crippen LogP contribution in [0.3, 0.4) is 0 Å². The quantitative estimate of drug-likeness (QED) is 0.212. The molecule has 0 aliphatic carbocycles. The number of nitro benzene ring substituents is 1. The van der Waals surface area contributed by atoms with Crippen molar-refractivity contribution in [1.82, 2.24) is 0 Å². The minimum Gasteiger partial charge on any atom is -0.288 e. The number of nitro groups is 1. The average Bonchev–Trinajstić information content (AvgIpc) is 2.77. The van der Waals surface area contributed by atoms with Crippen molar-refractivity contribution in [1.29, 1.82) is 0 Å². The first-order valence-corrected chi connectivity index (χ1v) is 11.8. The SMILES string of the molecule is NS(=O)(=O)c1ccc(C(=O)/C(=C\c2ccc(F)c([N+](=O)[O-])c2)SCc2ccc(F)cc2)cc1. The molecule has 2 N–H and O–H groups in total. The highest BCUT2D eigenvalue weighted by molar-refractivity contribution is 8.03. The van der Waals surface area contributed by atoms with Gasteiger partial charge in [-0.3, -0.25) is 14.9 Å². The number of rotatable bonds is 8. The Morgan fingerprint density at radius 3 is 2.24 bits per heavy atom. The lowest BCUT2D eigenvalue weighted by Crippen LogP contribution is -2.12. The molecule has 0 unspecified atom stereocenters. The molecule has 0 saturated heterocycles. The molecule has 0 aromatic heterocycles. The molecule has 0 spiro atoms. The fraction of sp³-hybridized carbons (Fsp3) is 0.0455. The van der Waals surface area contributed by atoms with Crippen LogP contribution in [0.15, 0.2) is 76.5 Å². The van der Waals surface area contributed by atoms with Gasteiger partial charge in [0.05, 0.1) is 14.7 Å². The molecule has 0 amide bonds. The first-order chi connectivity index (χ1) is 15.5. The predicted octanol–water partition coefficient (Wildman–Crippen LogP) is 4.68. The summed E-state index contributed by atoms with van der Waals surface area (Å²) in [7, 11) is -3.94. The Balaban J connectivity index is 1.98. The predicted molar refractivity (Wildman–Crippen MR) is 121 cm³/mol. The van der Waals surface area contributed by atoms with Crippen molar-refractivity contribution in [3.05, 3.63) is 110 Å². The molecule has 170 valence electrons.